The fourth-order valence-electron chi connectivity index (χ4n) is 1.99. The molecule has 1 aromatic carbocycles. The van der Waals surface area contributed by atoms with E-state index in [1.54, 1.807) is 18.2 Å². The van der Waals surface area contributed by atoms with E-state index in [2.05, 4.69) is 19.9 Å². The summed E-state index contributed by atoms with van der Waals surface area (Å²) < 4.78 is 5.10. The Labute approximate surface area is 140 Å². The van der Waals surface area contributed by atoms with Gasteiger partial charge in [-0.05, 0) is 18.2 Å². The minimum Gasteiger partial charge on any atom is -0.453 e. The Morgan fingerprint density at radius 2 is 2.08 bits per heavy atom. The van der Waals surface area contributed by atoms with Crippen molar-refractivity contribution in [2.45, 2.75) is 6.61 Å². The van der Waals surface area contributed by atoms with Crippen LogP contribution in [0.25, 0.3) is 11.0 Å². The summed E-state index contributed by atoms with van der Waals surface area (Å²) in [6.07, 6.45) is 0. The summed E-state index contributed by atoms with van der Waals surface area (Å²) >= 11 is 5.72. The summed E-state index contributed by atoms with van der Waals surface area (Å²) in [5.41, 5.74) is 12.6. The number of ether oxygens (including phenoxy) is 1. The lowest BCUT2D eigenvalue weighted by atomic mass is 10.2. The highest BCUT2D eigenvalue weighted by Gasteiger charge is 2.18. The lowest BCUT2D eigenvalue weighted by Crippen LogP contribution is -2.13. The van der Waals surface area contributed by atoms with Gasteiger partial charge in [0, 0.05) is 0 Å². The van der Waals surface area contributed by atoms with Crippen LogP contribution in [0.2, 0.25) is 5.15 Å². The van der Waals surface area contributed by atoms with E-state index in [1.807, 2.05) is 6.07 Å². The van der Waals surface area contributed by atoms with E-state index in [1.165, 1.54) is 0 Å². The van der Waals surface area contributed by atoms with Crippen molar-refractivity contribution >= 4 is 40.2 Å². The Morgan fingerprint density at radius 3 is 2.83 bits per heavy atom. The number of aromatic amines is 1. The fraction of sp³-hybridized carbons (Fsp3) is 0.0714. The summed E-state index contributed by atoms with van der Waals surface area (Å²) in [5.74, 6) is -0.650. The number of hydrogen-bond acceptors (Lipinski definition) is 8. The molecule has 5 N–H and O–H groups in total. The molecule has 0 atom stereocenters. The molecule has 10 heteroatoms. The number of aromatic nitrogens is 4. The Bertz CT molecular complexity index is 993. The second-order valence-corrected chi connectivity index (χ2v) is 5.09. The highest BCUT2D eigenvalue weighted by molar-refractivity contribution is 6.31. The van der Waals surface area contributed by atoms with Crippen LogP contribution >= 0.6 is 11.6 Å². The van der Waals surface area contributed by atoms with Crippen LogP contribution in [0.4, 0.5) is 11.6 Å². The molecule has 0 unspecified atom stereocenters. The van der Waals surface area contributed by atoms with Crippen LogP contribution in [0, 0.1) is 11.3 Å². The average Bonchev–Trinajstić information content (AvgIpc) is 2.97. The molecule has 2 heterocycles. The number of hydrogen-bond donors (Lipinski definition) is 3. The molecule has 3 aromatic rings. The SMILES string of the molecule is N#Cc1ccc2nc(COC(=O)c3nc(Cl)c(N)nc3N)[nH]c2c1. The van der Waals surface area contributed by atoms with E-state index in [4.69, 9.17) is 33.1 Å². The van der Waals surface area contributed by atoms with E-state index in [9.17, 15) is 4.79 Å². The molecule has 0 amide bonds. The topological polar surface area (TPSA) is 157 Å². The Morgan fingerprint density at radius 1 is 1.29 bits per heavy atom. The van der Waals surface area contributed by atoms with Crippen molar-refractivity contribution in [2.24, 2.45) is 0 Å². The van der Waals surface area contributed by atoms with E-state index in [0.29, 0.717) is 22.4 Å². The molecule has 24 heavy (non-hydrogen) atoms. The number of imidazole rings is 1. The minimum absolute atomic E-state index is 0.0729. The van der Waals surface area contributed by atoms with E-state index in [0.717, 1.165) is 0 Å². The van der Waals surface area contributed by atoms with E-state index < -0.39 is 5.97 Å². The zero-order valence-corrected chi connectivity index (χ0v) is 12.8. The van der Waals surface area contributed by atoms with Gasteiger partial charge < -0.3 is 21.2 Å². The van der Waals surface area contributed by atoms with Gasteiger partial charge in [0.15, 0.2) is 22.5 Å². The number of esters is 1. The molecule has 2 aromatic heterocycles. The van der Waals surface area contributed by atoms with Gasteiger partial charge >= 0.3 is 5.97 Å². The number of fused-ring (bicyclic) bond motifs is 1. The van der Waals surface area contributed by atoms with Gasteiger partial charge in [0.05, 0.1) is 22.7 Å². The van der Waals surface area contributed by atoms with Crippen LogP contribution in [0.3, 0.4) is 0 Å². The van der Waals surface area contributed by atoms with Gasteiger partial charge in [-0.15, -0.1) is 0 Å². The number of halogens is 1. The first kappa shape index (κ1) is 15.5. The van der Waals surface area contributed by atoms with E-state index >= 15 is 0 Å². The average molecular weight is 344 g/mol. The summed E-state index contributed by atoms with van der Waals surface area (Å²) in [4.78, 5) is 26.7. The van der Waals surface area contributed by atoms with Crippen molar-refractivity contribution in [2.75, 3.05) is 11.5 Å². The maximum Gasteiger partial charge on any atom is 0.361 e. The number of rotatable bonds is 3. The third kappa shape index (κ3) is 2.90. The molecule has 0 aliphatic heterocycles. The maximum atomic E-state index is 12.0. The van der Waals surface area contributed by atoms with Gasteiger partial charge in [0.1, 0.15) is 12.4 Å². The quantitative estimate of drug-likeness (QED) is 0.602. The molecule has 0 aliphatic rings. The molecule has 0 saturated heterocycles. The zero-order valence-electron chi connectivity index (χ0n) is 12.1. The van der Waals surface area contributed by atoms with Gasteiger partial charge in [0.2, 0.25) is 0 Å². The number of nitrogens with two attached hydrogens (primary N) is 2. The number of carbonyl (C=O) groups is 1. The van der Waals surface area contributed by atoms with Crippen LogP contribution in [0.15, 0.2) is 18.2 Å². The Hall–Kier alpha value is -3.38. The molecule has 0 fully saturated rings. The van der Waals surface area contributed by atoms with Crippen LogP contribution in [-0.2, 0) is 11.3 Å². The number of nitrogens with zero attached hydrogens (tertiary/aromatic N) is 4. The van der Waals surface area contributed by atoms with Crippen molar-refractivity contribution in [3.05, 3.63) is 40.4 Å². The number of nitriles is 1. The first-order valence-electron chi connectivity index (χ1n) is 6.62. The van der Waals surface area contributed by atoms with E-state index in [-0.39, 0.29) is 29.1 Å². The summed E-state index contributed by atoms with van der Waals surface area (Å²) in [6.45, 7) is -0.140. The minimum atomic E-state index is -0.805. The largest absolute Gasteiger partial charge is 0.453 e. The van der Waals surface area contributed by atoms with Crippen LogP contribution in [0.5, 0.6) is 0 Å². The van der Waals surface area contributed by atoms with Gasteiger partial charge in [-0.25, -0.2) is 19.7 Å². The molecule has 0 radical (unpaired) electrons. The molecular formula is C14H10ClN7O2. The van der Waals surface area contributed by atoms with Crippen LogP contribution in [-0.4, -0.2) is 25.9 Å². The number of anilines is 2. The Balaban J connectivity index is 1.77. The standard InChI is InChI=1S/C14H10ClN7O2/c15-11-13(18)22-12(17)10(21-11)14(23)24-5-9-19-7-2-1-6(4-16)3-8(7)20-9/h1-3H,5H2,(H,19,20)(H4,17,18,22). The van der Waals surface area contributed by atoms with Crippen molar-refractivity contribution in [3.8, 4) is 6.07 Å². The first-order chi connectivity index (χ1) is 11.5. The van der Waals surface area contributed by atoms with Crippen LogP contribution in [0.1, 0.15) is 21.9 Å². The second kappa shape index (κ2) is 6.02. The second-order valence-electron chi connectivity index (χ2n) is 4.74. The molecule has 0 saturated carbocycles. The smallest absolute Gasteiger partial charge is 0.361 e. The molecule has 120 valence electrons. The molecule has 0 bridgehead atoms. The normalized spacial score (nSPS) is 10.5. The van der Waals surface area contributed by atoms with Crippen LogP contribution < -0.4 is 11.5 Å². The van der Waals surface area contributed by atoms with Gasteiger partial charge in [0.25, 0.3) is 0 Å². The van der Waals surface area contributed by atoms with Gasteiger partial charge in [-0.1, -0.05) is 11.6 Å². The van der Waals surface area contributed by atoms with Gasteiger partial charge in [-0.2, -0.15) is 5.26 Å². The predicted molar refractivity (Wildman–Crippen MR) is 85.8 cm³/mol. The van der Waals surface area contributed by atoms with Crippen molar-refractivity contribution in [1.82, 2.24) is 19.9 Å². The summed E-state index contributed by atoms with van der Waals surface area (Å²) in [5, 5.41) is 8.74. The molecule has 0 aliphatic carbocycles. The highest BCUT2D eigenvalue weighted by atomic mass is 35.5. The van der Waals surface area contributed by atoms with Crippen molar-refractivity contribution in [1.29, 1.82) is 5.26 Å². The molecule has 9 nitrogen and oxygen atoms in total. The Kier molecular flexibility index (Phi) is 3.89. The van der Waals surface area contributed by atoms with Crippen molar-refractivity contribution < 1.29 is 9.53 Å². The summed E-state index contributed by atoms with van der Waals surface area (Å²) in [6, 6.07) is 7.02. The first-order valence-corrected chi connectivity index (χ1v) is 7.00. The number of carbonyl (C=O) groups excluding carboxylic acids is 1. The molecule has 0 spiro atoms. The third-order valence-electron chi connectivity index (χ3n) is 3.10. The zero-order chi connectivity index (χ0) is 17.3. The predicted octanol–water partition coefficient (Wildman–Crippen LogP) is 1.40. The number of nitrogen functional groups attached to an aromatic ring is 2. The lowest BCUT2D eigenvalue weighted by Gasteiger charge is -2.06. The third-order valence-corrected chi connectivity index (χ3v) is 3.38. The van der Waals surface area contributed by atoms with Gasteiger partial charge in [-0.3, -0.25) is 0 Å². The lowest BCUT2D eigenvalue weighted by molar-refractivity contribution is 0.0457. The monoisotopic (exact) mass is 343 g/mol. The summed E-state index contributed by atoms with van der Waals surface area (Å²) in [7, 11) is 0. The number of nitrogens with one attached hydrogen (secondary N) is 1. The van der Waals surface area contributed by atoms with Crippen molar-refractivity contribution in [3.63, 3.8) is 0 Å². The number of H-pyrrole nitrogens is 1. The molecular weight excluding hydrogens is 334 g/mol. The number of benzene rings is 1. The maximum absolute atomic E-state index is 12.0. The highest BCUT2D eigenvalue weighted by Crippen LogP contribution is 2.19. The fourth-order valence-corrected chi connectivity index (χ4v) is 2.12. The molecule has 3 rings (SSSR count).